The van der Waals surface area contributed by atoms with Crippen LogP contribution in [0.1, 0.15) is 33.4 Å². The van der Waals surface area contributed by atoms with Gasteiger partial charge in [0.1, 0.15) is 17.9 Å². The molecule has 212 valence electrons. The van der Waals surface area contributed by atoms with E-state index in [4.69, 9.17) is 9.15 Å². The molecule has 0 saturated carbocycles. The normalized spacial score (nSPS) is 19.9. The van der Waals surface area contributed by atoms with E-state index in [1.165, 1.54) is 12.3 Å². The number of anilines is 1. The summed E-state index contributed by atoms with van der Waals surface area (Å²) in [5.41, 5.74) is 0.957. The molecule has 40 heavy (non-hydrogen) atoms. The Kier molecular flexibility index (Phi) is 7.47. The molecular formula is C26H27F3N6O5. The van der Waals surface area contributed by atoms with E-state index in [0.29, 0.717) is 32.1 Å². The third-order valence-corrected chi connectivity index (χ3v) is 6.82. The minimum atomic E-state index is -4.94. The van der Waals surface area contributed by atoms with Crippen molar-refractivity contribution in [3.63, 3.8) is 0 Å². The zero-order valence-electron chi connectivity index (χ0n) is 21.8. The van der Waals surface area contributed by atoms with Gasteiger partial charge in [0.15, 0.2) is 11.9 Å². The van der Waals surface area contributed by atoms with E-state index in [0.717, 1.165) is 10.2 Å². The van der Waals surface area contributed by atoms with E-state index in [2.05, 4.69) is 10.1 Å². The van der Waals surface area contributed by atoms with Crippen molar-refractivity contribution >= 4 is 23.7 Å². The number of β-lactam (4-membered cyclic amide) rings is 1. The lowest BCUT2D eigenvalue weighted by Crippen LogP contribution is -2.68. The van der Waals surface area contributed by atoms with E-state index < -0.39 is 41.7 Å². The van der Waals surface area contributed by atoms with Crippen LogP contribution < -0.4 is 4.90 Å². The minimum Gasteiger partial charge on any atom is -0.469 e. The standard InChI is InChI=1S/C26H27F3N6O5/c1-16-12-18(15-40-16)23(37)35-25(32(2)13-17-6-4-3-5-7-17)30-22(31-35)20-21(26(27,28)29)34(24(20)38)19(36)14-33-8-10-39-11-9-33/h3-7,12,15,20-21H,8-11,13-14H2,1-2H3. The first-order valence-electron chi connectivity index (χ1n) is 12.6. The maximum Gasteiger partial charge on any atom is 0.410 e. The molecule has 4 heterocycles. The van der Waals surface area contributed by atoms with Crippen molar-refractivity contribution in [3.8, 4) is 0 Å². The Hall–Kier alpha value is -4.04. The van der Waals surface area contributed by atoms with Crippen molar-refractivity contribution in [3.05, 3.63) is 65.4 Å². The first-order valence-corrected chi connectivity index (χ1v) is 12.6. The van der Waals surface area contributed by atoms with Crippen molar-refractivity contribution in [1.82, 2.24) is 24.6 Å². The largest absolute Gasteiger partial charge is 0.469 e. The Balaban J connectivity index is 1.47. The average molecular weight is 561 g/mol. The minimum absolute atomic E-state index is 0.0606. The molecule has 2 atom stereocenters. The SMILES string of the molecule is Cc1cc(C(=O)n2nc(C3C(=O)N(C(=O)CN4CCOCC4)C3C(F)(F)F)nc2N(C)Cc2ccccc2)co1. The van der Waals surface area contributed by atoms with Crippen LogP contribution in [0, 0.1) is 6.92 Å². The number of morpholine rings is 1. The second kappa shape index (κ2) is 10.8. The number of aryl methyl sites for hydroxylation is 1. The fourth-order valence-electron chi connectivity index (χ4n) is 4.82. The van der Waals surface area contributed by atoms with Gasteiger partial charge in [-0.3, -0.25) is 24.2 Å². The van der Waals surface area contributed by atoms with Crippen molar-refractivity contribution in [2.45, 2.75) is 31.6 Å². The number of hydrogen-bond acceptors (Lipinski definition) is 9. The number of rotatable bonds is 7. The number of carbonyl (C=O) groups excluding carboxylic acids is 3. The van der Waals surface area contributed by atoms with Crippen molar-refractivity contribution in [2.75, 3.05) is 44.8 Å². The number of amides is 2. The molecule has 0 radical (unpaired) electrons. The van der Waals surface area contributed by atoms with Crippen molar-refractivity contribution < 1.29 is 36.7 Å². The molecule has 0 aliphatic carbocycles. The van der Waals surface area contributed by atoms with Gasteiger partial charge in [0.25, 0.3) is 5.91 Å². The third kappa shape index (κ3) is 5.36. The number of halogens is 3. The van der Waals surface area contributed by atoms with Gasteiger partial charge in [0.05, 0.1) is 25.3 Å². The van der Waals surface area contributed by atoms with Crippen molar-refractivity contribution in [1.29, 1.82) is 0 Å². The topological polar surface area (TPSA) is 114 Å². The highest BCUT2D eigenvalue weighted by Crippen LogP contribution is 2.44. The highest BCUT2D eigenvalue weighted by molar-refractivity contribution is 6.05. The smallest absolute Gasteiger partial charge is 0.410 e. The number of nitrogens with zero attached hydrogens (tertiary/aromatic N) is 6. The van der Waals surface area contributed by atoms with E-state index in [-0.39, 0.29) is 29.5 Å². The Morgan fingerprint density at radius 2 is 1.85 bits per heavy atom. The van der Waals surface area contributed by atoms with Crippen molar-refractivity contribution in [2.24, 2.45) is 0 Å². The number of alkyl halides is 3. The molecule has 0 bridgehead atoms. The lowest BCUT2D eigenvalue weighted by Gasteiger charge is -2.45. The van der Waals surface area contributed by atoms with Gasteiger partial charge in [-0.25, -0.2) is 0 Å². The van der Waals surface area contributed by atoms with Gasteiger partial charge >= 0.3 is 6.18 Å². The highest BCUT2D eigenvalue weighted by Gasteiger charge is 2.65. The van der Waals surface area contributed by atoms with Crippen LogP contribution in [0.5, 0.6) is 0 Å². The summed E-state index contributed by atoms with van der Waals surface area (Å²) in [6.45, 7) is 2.96. The van der Waals surface area contributed by atoms with E-state index >= 15 is 0 Å². The molecule has 2 amide bonds. The maximum absolute atomic E-state index is 14.2. The molecular weight excluding hydrogens is 533 g/mol. The number of furan rings is 1. The predicted molar refractivity (Wildman–Crippen MR) is 133 cm³/mol. The average Bonchev–Trinajstić information content (AvgIpc) is 3.54. The second-order valence-corrected chi connectivity index (χ2v) is 9.73. The molecule has 2 unspecified atom stereocenters. The summed E-state index contributed by atoms with van der Waals surface area (Å²) >= 11 is 0. The Morgan fingerprint density at radius 3 is 2.48 bits per heavy atom. The Bertz CT molecular complexity index is 1400. The van der Waals surface area contributed by atoms with E-state index in [9.17, 15) is 27.6 Å². The molecule has 5 rings (SSSR count). The van der Waals surface area contributed by atoms with Gasteiger partial charge in [-0.15, -0.1) is 5.10 Å². The van der Waals surface area contributed by atoms with Gasteiger partial charge in [0.2, 0.25) is 17.8 Å². The second-order valence-electron chi connectivity index (χ2n) is 9.73. The van der Waals surface area contributed by atoms with Crippen LogP contribution in [0.2, 0.25) is 0 Å². The molecule has 2 aliphatic rings. The summed E-state index contributed by atoms with van der Waals surface area (Å²) in [6, 6.07) is 8.16. The molecule has 2 aliphatic heterocycles. The molecule has 2 aromatic heterocycles. The van der Waals surface area contributed by atoms with Gasteiger partial charge in [-0.2, -0.15) is 22.8 Å². The number of aromatic nitrogens is 3. The van der Waals surface area contributed by atoms with Crippen LogP contribution in [0.15, 0.2) is 47.1 Å². The molecule has 2 saturated heterocycles. The fraction of sp³-hybridized carbons (Fsp3) is 0.423. The number of ether oxygens (including phenoxy) is 1. The maximum atomic E-state index is 14.2. The van der Waals surface area contributed by atoms with E-state index in [1.807, 2.05) is 30.3 Å². The predicted octanol–water partition coefficient (Wildman–Crippen LogP) is 2.22. The monoisotopic (exact) mass is 560 g/mol. The lowest BCUT2D eigenvalue weighted by molar-refractivity contribution is -0.221. The molecule has 0 N–H and O–H groups in total. The van der Waals surface area contributed by atoms with Gasteiger partial charge in [0, 0.05) is 26.7 Å². The first-order chi connectivity index (χ1) is 19.0. The summed E-state index contributed by atoms with van der Waals surface area (Å²) in [4.78, 5) is 46.9. The molecule has 11 nitrogen and oxygen atoms in total. The molecule has 3 aromatic rings. The van der Waals surface area contributed by atoms with Gasteiger partial charge < -0.3 is 14.1 Å². The first kappa shape index (κ1) is 27.5. The Morgan fingerprint density at radius 1 is 1.15 bits per heavy atom. The van der Waals surface area contributed by atoms with Crippen LogP contribution in [0.25, 0.3) is 0 Å². The third-order valence-electron chi connectivity index (χ3n) is 6.82. The number of imide groups is 1. The van der Waals surface area contributed by atoms with E-state index in [1.54, 1.807) is 23.8 Å². The summed E-state index contributed by atoms with van der Waals surface area (Å²) in [7, 11) is 1.60. The molecule has 14 heteroatoms. The summed E-state index contributed by atoms with van der Waals surface area (Å²) in [5.74, 6) is -4.71. The van der Waals surface area contributed by atoms with Crippen LogP contribution >= 0.6 is 0 Å². The van der Waals surface area contributed by atoms with Gasteiger partial charge in [-0.05, 0) is 18.6 Å². The van der Waals surface area contributed by atoms with Crippen LogP contribution in [0.3, 0.4) is 0 Å². The highest BCUT2D eigenvalue weighted by atomic mass is 19.4. The van der Waals surface area contributed by atoms with Crippen LogP contribution in [0.4, 0.5) is 19.1 Å². The quantitative estimate of drug-likeness (QED) is 0.402. The zero-order valence-corrected chi connectivity index (χ0v) is 21.8. The van der Waals surface area contributed by atoms with Crippen LogP contribution in [-0.4, -0.2) is 94.4 Å². The lowest BCUT2D eigenvalue weighted by atomic mass is 9.85. The number of benzene rings is 1. The molecule has 1 aromatic carbocycles. The fourth-order valence-corrected chi connectivity index (χ4v) is 4.82. The van der Waals surface area contributed by atoms with Crippen LogP contribution in [-0.2, 0) is 20.9 Å². The summed E-state index contributed by atoms with van der Waals surface area (Å²) < 4.78 is 54.0. The zero-order chi connectivity index (χ0) is 28.6. The molecule has 2 fully saturated rings. The van der Waals surface area contributed by atoms with Gasteiger partial charge in [-0.1, -0.05) is 30.3 Å². The summed E-state index contributed by atoms with van der Waals surface area (Å²) in [5, 5.41) is 4.09. The number of likely N-dealkylation sites (tertiary alicyclic amines) is 1. The summed E-state index contributed by atoms with van der Waals surface area (Å²) in [6.07, 6.45) is -3.73. The molecule has 0 spiro atoms. The number of hydrogen-bond donors (Lipinski definition) is 0. The number of carbonyl (C=O) groups is 3. The Labute approximate surface area is 227 Å².